The third-order valence-electron chi connectivity index (χ3n) is 4.89. The van der Waals surface area contributed by atoms with Crippen molar-refractivity contribution in [2.24, 2.45) is 0 Å². The molecule has 2 aliphatic heterocycles. The molecule has 2 aromatic rings. The Balaban J connectivity index is 1.42. The molecule has 7 heteroatoms. The van der Waals surface area contributed by atoms with E-state index < -0.39 is 0 Å². The van der Waals surface area contributed by atoms with E-state index in [1.54, 1.807) is 12.1 Å². The smallest absolute Gasteiger partial charge is 0.165 e. The van der Waals surface area contributed by atoms with Gasteiger partial charge in [-0.25, -0.2) is 9.07 Å². The number of nitrogens with zero attached hydrogens (tertiary/aromatic N) is 6. The van der Waals surface area contributed by atoms with Crippen molar-refractivity contribution >= 4 is 0 Å². The Labute approximate surface area is 134 Å². The second-order valence-corrected chi connectivity index (χ2v) is 6.45. The van der Waals surface area contributed by atoms with E-state index in [2.05, 4.69) is 25.3 Å². The summed E-state index contributed by atoms with van der Waals surface area (Å²) in [5, 5.41) is 12.1. The van der Waals surface area contributed by atoms with Gasteiger partial charge < -0.3 is 0 Å². The van der Waals surface area contributed by atoms with Crippen LogP contribution in [0.4, 0.5) is 4.39 Å². The molecule has 6 nitrogen and oxygen atoms in total. The van der Waals surface area contributed by atoms with Crippen LogP contribution in [-0.4, -0.2) is 62.2 Å². The van der Waals surface area contributed by atoms with Crippen molar-refractivity contribution in [2.75, 3.05) is 26.2 Å². The van der Waals surface area contributed by atoms with Crippen molar-refractivity contribution in [3.8, 4) is 0 Å². The van der Waals surface area contributed by atoms with Crippen LogP contribution >= 0.6 is 0 Å². The van der Waals surface area contributed by atoms with Gasteiger partial charge in [0.2, 0.25) is 0 Å². The van der Waals surface area contributed by atoms with Crippen LogP contribution in [0.3, 0.4) is 0 Å². The number of benzene rings is 1. The molecule has 4 rings (SSSR count). The normalized spacial score (nSPS) is 22.4. The Kier molecular flexibility index (Phi) is 4.05. The Bertz CT molecular complexity index is 655. The number of rotatable bonds is 4. The SMILES string of the molecule is Fc1ccc(Cn2nnnc2CN2CCN3CCC[C@@H]3C2)cc1. The fourth-order valence-electron chi connectivity index (χ4n) is 3.62. The fraction of sp³-hybridized carbons (Fsp3) is 0.562. The molecule has 0 bridgehead atoms. The van der Waals surface area contributed by atoms with E-state index in [1.165, 1.54) is 31.5 Å². The molecule has 2 fully saturated rings. The predicted molar refractivity (Wildman–Crippen MR) is 83.2 cm³/mol. The zero-order valence-corrected chi connectivity index (χ0v) is 13.1. The van der Waals surface area contributed by atoms with Crippen molar-refractivity contribution in [2.45, 2.75) is 32.0 Å². The molecule has 122 valence electrons. The monoisotopic (exact) mass is 316 g/mol. The van der Waals surface area contributed by atoms with Gasteiger partial charge in [-0.05, 0) is 47.5 Å². The van der Waals surface area contributed by atoms with E-state index >= 15 is 0 Å². The van der Waals surface area contributed by atoms with Gasteiger partial charge in [0.25, 0.3) is 0 Å². The van der Waals surface area contributed by atoms with E-state index in [-0.39, 0.29) is 5.82 Å². The maximum absolute atomic E-state index is 13.0. The predicted octanol–water partition coefficient (Wildman–Crippen LogP) is 1.14. The van der Waals surface area contributed by atoms with Gasteiger partial charge in [-0.3, -0.25) is 9.80 Å². The third kappa shape index (κ3) is 3.25. The second-order valence-electron chi connectivity index (χ2n) is 6.45. The first kappa shape index (κ1) is 14.7. The summed E-state index contributed by atoms with van der Waals surface area (Å²) in [4.78, 5) is 5.04. The van der Waals surface area contributed by atoms with Gasteiger partial charge in [0.05, 0.1) is 13.1 Å². The summed E-state index contributed by atoms with van der Waals surface area (Å²) >= 11 is 0. The summed E-state index contributed by atoms with van der Waals surface area (Å²) in [5.74, 6) is 0.654. The van der Waals surface area contributed by atoms with Crippen LogP contribution in [-0.2, 0) is 13.1 Å². The van der Waals surface area contributed by atoms with Crippen LogP contribution in [0.25, 0.3) is 0 Å². The highest BCUT2D eigenvalue weighted by atomic mass is 19.1. The maximum atomic E-state index is 13.0. The van der Waals surface area contributed by atoms with Gasteiger partial charge in [0.1, 0.15) is 5.82 Å². The lowest BCUT2D eigenvalue weighted by Crippen LogP contribution is -2.49. The molecule has 0 saturated carbocycles. The van der Waals surface area contributed by atoms with E-state index in [9.17, 15) is 4.39 Å². The number of piperazine rings is 1. The lowest BCUT2D eigenvalue weighted by molar-refractivity contribution is 0.0963. The lowest BCUT2D eigenvalue weighted by atomic mass is 10.1. The molecule has 1 aromatic carbocycles. The van der Waals surface area contributed by atoms with Gasteiger partial charge in [0, 0.05) is 25.7 Å². The van der Waals surface area contributed by atoms with Crippen molar-refractivity contribution in [1.29, 1.82) is 0 Å². The van der Waals surface area contributed by atoms with Crippen LogP contribution in [0.2, 0.25) is 0 Å². The van der Waals surface area contributed by atoms with Crippen LogP contribution < -0.4 is 0 Å². The summed E-state index contributed by atoms with van der Waals surface area (Å²) in [5.41, 5.74) is 1.00. The Morgan fingerprint density at radius 1 is 1.09 bits per heavy atom. The molecule has 0 amide bonds. The van der Waals surface area contributed by atoms with Gasteiger partial charge >= 0.3 is 0 Å². The minimum Gasteiger partial charge on any atom is -0.298 e. The lowest BCUT2D eigenvalue weighted by Gasteiger charge is -2.37. The molecule has 0 radical (unpaired) electrons. The van der Waals surface area contributed by atoms with Crippen molar-refractivity contribution in [3.05, 3.63) is 41.5 Å². The summed E-state index contributed by atoms with van der Waals surface area (Å²) in [6, 6.07) is 7.19. The molecule has 1 atom stereocenters. The fourth-order valence-corrected chi connectivity index (χ4v) is 3.62. The van der Waals surface area contributed by atoms with E-state index in [1.807, 2.05) is 4.68 Å². The highest BCUT2D eigenvalue weighted by Crippen LogP contribution is 2.22. The average Bonchev–Trinajstić information content (AvgIpc) is 3.19. The number of hydrogen-bond acceptors (Lipinski definition) is 5. The summed E-state index contributed by atoms with van der Waals surface area (Å²) in [6.45, 7) is 5.92. The molecule has 0 N–H and O–H groups in total. The molecule has 2 saturated heterocycles. The zero-order chi connectivity index (χ0) is 15.6. The summed E-state index contributed by atoms with van der Waals surface area (Å²) in [6.07, 6.45) is 2.62. The first-order valence-electron chi connectivity index (χ1n) is 8.24. The molecular formula is C16H21FN6. The molecule has 2 aliphatic rings. The maximum Gasteiger partial charge on any atom is 0.165 e. The van der Waals surface area contributed by atoms with Gasteiger partial charge in [-0.1, -0.05) is 12.1 Å². The standard InChI is InChI=1S/C16H21FN6/c17-14-5-3-13(4-6-14)10-23-16(18-19-20-23)12-21-8-9-22-7-1-2-15(22)11-21/h3-6,15H,1-2,7-12H2/t15-/m1/s1. The van der Waals surface area contributed by atoms with E-state index in [0.29, 0.717) is 12.6 Å². The zero-order valence-electron chi connectivity index (χ0n) is 13.1. The molecule has 0 aliphatic carbocycles. The first-order chi connectivity index (χ1) is 11.3. The Morgan fingerprint density at radius 2 is 1.96 bits per heavy atom. The van der Waals surface area contributed by atoms with Crippen LogP contribution in [0.1, 0.15) is 24.2 Å². The molecule has 1 aromatic heterocycles. The van der Waals surface area contributed by atoms with E-state index in [0.717, 1.165) is 37.6 Å². The minimum atomic E-state index is -0.222. The minimum absolute atomic E-state index is 0.222. The molecule has 0 spiro atoms. The Morgan fingerprint density at radius 3 is 2.83 bits per heavy atom. The number of halogens is 1. The summed E-state index contributed by atoms with van der Waals surface area (Å²) < 4.78 is 14.8. The molecule has 23 heavy (non-hydrogen) atoms. The van der Waals surface area contributed by atoms with Gasteiger partial charge in [-0.15, -0.1) is 5.10 Å². The van der Waals surface area contributed by atoms with Gasteiger partial charge in [-0.2, -0.15) is 0 Å². The number of fused-ring (bicyclic) bond motifs is 1. The van der Waals surface area contributed by atoms with Crippen molar-refractivity contribution in [1.82, 2.24) is 30.0 Å². The van der Waals surface area contributed by atoms with Gasteiger partial charge in [0.15, 0.2) is 5.82 Å². The molecule has 0 unspecified atom stereocenters. The largest absolute Gasteiger partial charge is 0.298 e. The highest BCUT2D eigenvalue weighted by molar-refractivity contribution is 5.16. The topological polar surface area (TPSA) is 50.1 Å². The summed E-state index contributed by atoms with van der Waals surface area (Å²) in [7, 11) is 0. The second kappa shape index (κ2) is 6.33. The average molecular weight is 316 g/mol. The number of aromatic nitrogens is 4. The first-order valence-corrected chi connectivity index (χ1v) is 8.24. The molecular weight excluding hydrogens is 295 g/mol. The van der Waals surface area contributed by atoms with Crippen LogP contribution in [0.15, 0.2) is 24.3 Å². The van der Waals surface area contributed by atoms with Crippen LogP contribution in [0, 0.1) is 5.82 Å². The van der Waals surface area contributed by atoms with E-state index in [4.69, 9.17) is 0 Å². The number of hydrogen-bond donors (Lipinski definition) is 0. The van der Waals surface area contributed by atoms with Crippen molar-refractivity contribution < 1.29 is 4.39 Å². The quantitative estimate of drug-likeness (QED) is 0.847. The molecule has 3 heterocycles. The highest BCUT2D eigenvalue weighted by Gasteiger charge is 2.30. The van der Waals surface area contributed by atoms with Crippen LogP contribution in [0.5, 0.6) is 0 Å². The van der Waals surface area contributed by atoms with Crippen molar-refractivity contribution in [3.63, 3.8) is 0 Å². The Hall–Kier alpha value is -1.86. The third-order valence-corrected chi connectivity index (χ3v) is 4.89. The number of tetrazole rings is 1.